The van der Waals surface area contributed by atoms with Crippen LogP contribution >= 0.6 is 0 Å². The van der Waals surface area contributed by atoms with Gasteiger partial charge < -0.3 is 10.2 Å². The van der Waals surface area contributed by atoms with Gasteiger partial charge in [-0.1, -0.05) is 13.8 Å². The third kappa shape index (κ3) is 4.06. The Bertz CT molecular complexity index is 419. The summed E-state index contributed by atoms with van der Waals surface area (Å²) in [5.41, 5.74) is 1.38. The van der Waals surface area contributed by atoms with Gasteiger partial charge in [-0.3, -0.25) is 9.89 Å². The summed E-state index contributed by atoms with van der Waals surface area (Å²) in [7, 11) is 0. The lowest BCUT2D eigenvalue weighted by molar-refractivity contribution is 0.0931. The first-order valence-electron chi connectivity index (χ1n) is 7.07. The predicted molar refractivity (Wildman–Crippen MR) is 75.0 cm³/mol. The summed E-state index contributed by atoms with van der Waals surface area (Å²) >= 11 is 0. The molecule has 106 valence electrons. The van der Waals surface area contributed by atoms with Crippen LogP contribution in [-0.4, -0.2) is 47.2 Å². The average Bonchev–Trinajstić information content (AvgIpc) is 2.74. The van der Waals surface area contributed by atoms with Gasteiger partial charge in [-0.05, 0) is 31.2 Å². The molecule has 2 rings (SSSR count). The van der Waals surface area contributed by atoms with Gasteiger partial charge in [-0.2, -0.15) is 5.10 Å². The van der Waals surface area contributed by atoms with E-state index < -0.39 is 0 Å². The second-order valence-corrected chi connectivity index (χ2v) is 5.90. The zero-order valence-electron chi connectivity index (χ0n) is 12.1. The summed E-state index contributed by atoms with van der Waals surface area (Å²) in [5.74, 6) is 1.42. The number of carbonyl (C=O) groups excluding carboxylic acids is 1. The van der Waals surface area contributed by atoms with Crippen molar-refractivity contribution in [1.82, 2.24) is 20.4 Å². The zero-order valence-corrected chi connectivity index (χ0v) is 12.1. The summed E-state index contributed by atoms with van der Waals surface area (Å²) in [4.78, 5) is 14.3. The van der Waals surface area contributed by atoms with Crippen LogP contribution in [0.25, 0.3) is 0 Å². The van der Waals surface area contributed by atoms with E-state index in [-0.39, 0.29) is 5.91 Å². The van der Waals surface area contributed by atoms with Crippen molar-refractivity contribution in [3.63, 3.8) is 0 Å². The molecule has 0 bridgehead atoms. The van der Waals surface area contributed by atoms with Gasteiger partial charge in [0.05, 0.1) is 0 Å². The first kappa shape index (κ1) is 14.1. The highest BCUT2D eigenvalue weighted by molar-refractivity contribution is 5.92. The van der Waals surface area contributed by atoms with Crippen LogP contribution in [-0.2, 0) is 0 Å². The third-order valence-electron chi connectivity index (χ3n) is 3.60. The van der Waals surface area contributed by atoms with E-state index in [2.05, 4.69) is 34.3 Å². The number of piperidine rings is 1. The minimum absolute atomic E-state index is 0.0949. The van der Waals surface area contributed by atoms with Crippen LogP contribution in [0, 0.1) is 18.8 Å². The molecule has 0 radical (unpaired) electrons. The average molecular weight is 264 g/mol. The van der Waals surface area contributed by atoms with Crippen molar-refractivity contribution in [3.8, 4) is 0 Å². The van der Waals surface area contributed by atoms with Crippen molar-refractivity contribution in [2.24, 2.45) is 11.8 Å². The molecule has 2 N–H and O–H groups in total. The van der Waals surface area contributed by atoms with Crippen molar-refractivity contribution >= 4 is 5.91 Å². The third-order valence-corrected chi connectivity index (χ3v) is 3.60. The molecule has 5 nitrogen and oxygen atoms in total. The fourth-order valence-corrected chi connectivity index (χ4v) is 2.93. The number of hydrogen-bond donors (Lipinski definition) is 2. The lowest BCUT2D eigenvalue weighted by Gasteiger charge is -2.34. The van der Waals surface area contributed by atoms with E-state index >= 15 is 0 Å². The van der Waals surface area contributed by atoms with Crippen LogP contribution in [0.2, 0.25) is 0 Å². The van der Waals surface area contributed by atoms with Gasteiger partial charge >= 0.3 is 0 Å². The molecule has 5 heteroatoms. The van der Waals surface area contributed by atoms with E-state index in [0.29, 0.717) is 12.2 Å². The molecule has 0 saturated carbocycles. The lowest BCUT2D eigenvalue weighted by atomic mass is 9.92. The largest absolute Gasteiger partial charge is 0.349 e. The first-order valence-corrected chi connectivity index (χ1v) is 7.07. The smallest absolute Gasteiger partial charge is 0.271 e. The molecule has 1 aliphatic rings. The number of aromatic amines is 1. The Morgan fingerprint density at radius 1 is 1.47 bits per heavy atom. The molecule has 1 saturated heterocycles. The highest BCUT2D eigenvalue weighted by Crippen LogP contribution is 2.20. The number of H-pyrrole nitrogens is 1. The van der Waals surface area contributed by atoms with Gasteiger partial charge in [0, 0.05) is 31.9 Å². The molecular formula is C14H24N4O. The Labute approximate surface area is 114 Å². The number of likely N-dealkylation sites (tertiary alicyclic amines) is 1. The summed E-state index contributed by atoms with van der Waals surface area (Å²) in [6.45, 7) is 10.4. The second-order valence-electron chi connectivity index (χ2n) is 5.90. The van der Waals surface area contributed by atoms with Crippen LogP contribution < -0.4 is 5.32 Å². The van der Waals surface area contributed by atoms with Crippen molar-refractivity contribution in [2.45, 2.75) is 27.2 Å². The summed E-state index contributed by atoms with van der Waals surface area (Å²) in [6, 6.07) is 1.76. The molecular weight excluding hydrogens is 240 g/mol. The maximum absolute atomic E-state index is 11.8. The normalized spacial score (nSPS) is 24.4. The number of rotatable bonds is 4. The highest BCUT2D eigenvalue weighted by atomic mass is 16.1. The van der Waals surface area contributed by atoms with Crippen molar-refractivity contribution in [1.29, 1.82) is 0 Å². The first-order chi connectivity index (χ1) is 9.04. The maximum atomic E-state index is 11.8. The van der Waals surface area contributed by atoms with E-state index in [1.165, 1.54) is 6.42 Å². The minimum atomic E-state index is -0.0949. The number of carbonyl (C=O) groups is 1. The fraction of sp³-hybridized carbons (Fsp3) is 0.714. The number of aryl methyl sites for hydroxylation is 1. The predicted octanol–water partition coefficient (Wildman–Crippen LogP) is 1.43. The molecule has 1 amide bonds. The van der Waals surface area contributed by atoms with Crippen LogP contribution in [0.4, 0.5) is 0 Å². The van der Waals surface area contributed by atoms with Crippen LogP contribution in [0.5, 0.6) is 0 Å². The van der Waals surface area contributed by atoms with Crippen molar-refractivity contribution < 1.29 is 4.79 Å². The summed E-state index contributed by atoms with van der Waals surface area (Å²) in [5, 5.41) is 9.66. The number of nitrogens with zero attached hydrogens (tertiary/aromatic N) is 2. The molecule has 0 spiro atoms. The molecule has 2 heterocycles. The Balaban J connectivity index is 1.73. The number of aromatic nitrogens is 2. The Kier molecular flexibility index (Phi) is 4.58. The standard InChI is InChI=1S/C14H24N4O/c1-10-6-11(2)9-18(8-10)5-4-15-14(19)13-7-12(3)16-17-13/h7,10-11H,4-6,8-9H2,1-3H3,(H,15,19)(H,16,17)/t10-,11-/m0/s1. The second kappa shape index (κ2) is 6.19. The molecule has 1 fully saturated rings. The van der Waals surface area contributed by atoms with Crippen molar-refractivity contribution in [3.05, 3.63) is 17.5 Å². The van der Waals surface area contributed by atoms with Gasteiger partial charge in [0.15, 0.2) is 0 Å². The number of amides is 1. The lowest BCUT2D eigenvalue weighted by Crippen LogP contribution is -2.42. The molecule has 1 aromatic heterocycles. The molecule has 0 unspecified atom stereocenters. The molecule has 1 aliphatic heterocycles. The minimum Gasteiger partial charge on any atom is -0.349 e. The van der Waals surface area contributed by atoms with Gasteiger partial charge in [0.1, 0.15) is 5.69 Å². The summed E-state index contributed by atoms with van der Waals surface area (Å²) in [6.07, 6.45) is 1.31. The number of nitrogens with one attached hydrogen (secondary N) is 2. The Morgan fingerprint density at radius 3 is 2.74 bits per heavy atom. The highest BCUT2D eigenvalue weighted by Gasteiger charge is 2.21. The molecule has 0 aromatic carbocycles. The van der Waals surface area contributed by atoms with E-state index in [9.17, 15) is 4.79 Å². The van der Waals surface area contributed by atoms with Crippen molar-refractivity contribution in [2.75, 3.05) is 26.2 Å². The van der Waals surface area contributed by atoms with Crippen LogP contribution in [0.15, 0.2) is 6.07 Å². The topological polar surface area (TPSA) is 61.0 Å². The monoisotopic (exact) mass is 264 g/mol. The summed E-state index contributed by atoms with van der Waals surface area (Å²) < 4.78 is 0. The van der Waals surface area contributed by atoms with Gasteiger partial charge in [-0.25, -0.2) is 0 Å². The van der Waals surface area contributed by atoms with Crippen LogP contribution in [0.1, 0.15) is 36.5 Å². The SMILES string of the molecule is Cc1cc(C(=O)NCCN2C[C@@H](C)C[C@H](C)C2)n[nH]1. The quantitative estimate of drug-likeness (QED) is 0.864. The zero-order chi connectivity index (χ0) is 13.8. The number of hydrogen-bond acceptors (Lipinski definition) is 3. The van der Waals surface area contributed by atoms with E-state index in [4.69, 9.17) is 0 Å². The van der Waals surface area contributed by atoms with E-state index in [0.717, 1.165) is 37.2 Å². The van der Waals surface area contributed by atoms with Gasteiger partial charge in [-0.15, -0.1) is 0 Å². The van der Waals surface area contributed by atoms with E-state index in [1.54, 1.807) is 6.07 Å². The molecule has 1 aromatic rings. The molecule has 2 atom stereocenters. The maximum Gasteiger partial charge on any atom is 0.271 e. The molecule has 19 heavy (non-hydrogen) atoms. The van der Waals surface area contributed by atoms with Crippen LogP contribution in [0.3, 0.4) is 0 Å². The van der Waals surface area contributed by atoms with E-state index in [1.807, 2.05) is 6.92 Å². The Morgan fingerprint density at radius 2 is 2.16 bits per heavy atom. The van der Waals surface area contributed by atoms with Gasteiger partial charge in [0.25, 0.3) is 5.91 Å². The Hall–Kier alpha value is -1.36. The molecule has 0 aliphatic carbocycles. The fourth-order valence-electron chi connectivity index (χ4n) is 2.93. The van der Waals surface area contributed by atoms with Gasteiger partial charge in [0.2, 0.25) is 0 Å².